The van der Waals surface area contributed by atoms with Crippen LogP contribution >= 0.6 is 0 Å². The van der Waals surface area contributed by atoms with E-state index in [-0.39, 0.29) is 0 Å². The largest absolute Gasteiger partial charge is 0.462 e. The number of anilines is 1. The maximum Gasteiger partial charge on any atom is 0.460 e. The zero-order valence-corrected chi connectivity index (χ0v) is 20.1. The van der Waals surface area contributed by atoms with Gasteiger partial charge in [-0.1, -0.05) is 0 Å². The Labute approximate surface area is 225 Å². The van der Waals surface area contributed by atoms with Gasteiger partial charge < -0.3 is 15.2 Å². The van der Waals surface area contributed by atoms with Gasteiger partial charge >= 0.3 is 59.8 Å². The molecule has 0 spiro atoms. The van der Waals surface area contributed by atoms with Gasteiger partial charge in [0.05, 0.1) is 37.2 Å². The van der Waals surface area contributed by atoms with Crippen molar-refractivity contribution in [3.05, 3.63) is 29.3 Å². The SMILES string of the molecule is Nc1cc(C(=O)OCCC(F)(F)C(F)(F)C(F)(F)C(F)(F)F)cc(C(=O)OCCC(F)(F)C(F)(F)C(F)(F)C(F)(F)F)c1. The Morgan fingerprint density at radius 3 is 1.05 bits per heavy atom. The quantitative estimate of drug-likeness (QED) is 0.143. The van der Waals surface area contributed by atoms with Crippen molar-refractivity contribution >= 4 is 17.6 Å². The van der Waals surface area contributed by atoms with E-state index in [4.69, 9.17) is 5.73 Å². The molecule has 0 aliphatic rings. The second kappa shape index (κ2) is 11.7. The van der Waals surface area contributed by atoms with Crippen molar-refractivity contribution in [1.82, 2.24) is 0 Å². The molecule has 0 aromatic heterocycles. The van der Waals surface area contributed by atoms with E-state index in [1.165, 1.54) is 0 Å². The molecule has 1 rings (SSSR count). The number of benzene rings is 1. The first-order valence-corrected chi connectivity index (χ1v) is 10.5. The molecular formula is C20H13F18NO4. The third-order valence-corrected chi connectivity index (χ3v) is 5.14. The molecule has 0 fully saturated rings. The van der Waals surface area contributed by atoms with Gasteiger partial charge in [-0.25, -0.2) is 9.59 Å². The summed E-state index contributed by atoms with van der Waals surface area (Å²) < 4.78 is 239. The Morgan fingerprint density at radius 2 is 0.791 bits per heavy atom. The summed E-state index contributed by atoms with van der Waals surface area (Å²) in [6.07, 6.45) is -19.5. The lowest BCUT2D eigenvalue weighted by atomic mass is 10.0. The fourth-order valence-electron chi connectivity index (χ4n) is 2.73. The highest BCUT2D eigenvalue weighted by Gasteiger charge is 2.82. The standard InChI is InChI=1S/C20H13F18NO4/c21-13(22,15(25,26)17(29,30)19(33,34)35)1-3-42-11(40)8-5-9(7-10(39)6-8)12(41)43-4-2-14(23,24)16(27,28)18(31,32)20(36,37)38/h5-7H,1-4,39H2. The topological polar surface area (TPSA) is 78.6 Å². The lowest BCUT2D eigenvalue weighted by molar-refractivity contribution is -0.397. The number of alkyl halides is 18. The van der Waals surface area contributed by atoms with Crippen LogP contribution in [0.2, 0.25) is 0 Å². The van der Waals surface area contributed by atoms with Crippen LogP contribution < -0.4 is 5.73 Å². The van der Waals surface area contributed by atoms with Gasteiger partial charge in [-0.2, -0.15) is 79.0 Å². The molecule has 43 heavy (non-hydrogen) atoms. The number of nitrogen functional groups attached to an aromatic ring is 1. The average molecular weight is 673 g/mol. The molecule has 0 saturated carbocycles. The molecule has 5 nitrogen and oxygen atoms in total. The maximum absolute atomic E-state index is 13.5. The molecule has 248 valence electrons. The van der Waals surface area contributed by atoms with E-state index in [9.17, 15) is 88.6 Å². The summed E-state index contributed by atoms with van der Waals surface area (Å²) >= 11 is 0. The molecule has 0 heterocycles. The summed E-state index contributed by atoms with van der Waals surface area (Å²) in [6.45, 7) is -3.90. The predicted octanol–water partition coefficient (Wildman–Crippen LogP) is 7.30. The molecule has 0 aliphatic heterocycles. The van der Waals surface area contributed by atoms with Crippen LogP contribution in [0.25, 0.3) is 0 Å². The fraction of sp³-hybridized carbons (Fsp3) is 0.600. The zero-order valence-electron chi connectivity index (χ0n) is 20.1. The molecule has 0 saturated heterocycles. The van der Waals surface area contributed by atoms with Crippen molar-refractivity contribution in [3.63, 3.8) is 0 Å². The van der Waals surface area contributed by atoms with E-state index in [0.717, 1.165) is 0 Å². The molecule has 0 atom stereocenters. The molecule has 0 amide bonds. The fourth-order valence-corrected chi connectivity index (χ4v) is 2.73. The Balaban J connectivity index is 2.95. The molecule has 1 aromatic rings. The van der Waals surface area contributed by atoms with Crippen LogP contribution in [0.3, 0.4) is 0 Å². The Morgan fingerprint density at radius 1 is 0.512 bits per heavy atom. The van der Waals surface area contributed by atoms with Crippen LogP contribution in [-0.2, 0) is 9.47 Å². The number of esters is 2. The highest BCUT2D eigenvalue weighted by atomic mass is 19.4. The molecule has 23 heteroatoms. The van der Waals surface area contributed by atoms with E-state index in [1.807, 2.05) is 0 Å². The van der Waals surface area contributed by atoms with Crippen molar-refractivity contribution in [1.29, 1.82) is 0 Å². The summed E-state index contributed by atoms with van der Waals surface area (Å²) in [5, 5.41) is 0. The van der Waals surface area contributed by atoms with Gasteiger partial charge in [0.25, 0.3) is 0 Å². The molecule has 0 unspecified atom stereocenters. The van der Waals surface area contributed by atoms with Crippen LogP contribution in [0, 0.1) is 0 Å². The third kappa shape index (κ3) is 7.27. The van der Waals surface area contributed by atoms with Gasteiger partial charge in [-0.3, -0.25) is 0 Å². The molecule has 1 aromatic carbocycles. The van der Waals surface area contributed by atoms with Gasteiger partial charge in [0.15, 0.2) is 0 Å². The highest BCUT2D eigenvalue weighted by molar-refractivity contribution is 5.96. The number of carbonyl (C=O) groups excluding carboxylic acids is 2. The molecule has 0 aliphatic carbocycles. The summed E-state index contributed by atoms with van der Waals surface area (Å²) in [7, 11) is 0. The Kier molecular flexibility index (Phi) is 10.2. The van der Waals surface area contributed by atoms with E-state index < -0.39 is 103 Å². The van der Waals surface area contributed by atoms with Gasteiger partial charge in [0.1, 0.15) is 0 Å². The summed E-state index contributed by atoms with van der Waals surface area (Å²) in [6, 6.07) is 1.39. The van der Waals surface area contributed by atoms with Crippen molar-refractivity contribution in [2.24, 2.45) is 0 Å². The first kappa shape index (κ1) is 37.7. The number of nitrogens with two attached hydrogens (primary N) is 1. The summed E-state index contributed by atoms with van der Waals surface area (Å²) in [5.41, 5.74) is 2.63. The molecule has 2 N–H and O–H groups in total. The summed E-state index contributed by atoms with van der Waals surface area (Å²) in [4.78, 5) is 23.9. The zero-order chi connectivity index (χ0) is 34.3. The van der Waals surface area contributed by atoms with Gasteiger partial charge in [-0.15, -0.1) is 0 Å². The molecule has 0 radical (unpaired) electrons. The minimum absolute atomic E-state index is 0.316. The van der Waals surface area contributed by atoms with Crippen molar-refractivity contribution in [3.8, 4) is 0 Å². The lowest BCUT2D eigenvalue weighted by Gasteiger charge is -2.33. The van der Waals surface area contributed by atoms with Gasteiger partial charge in [0.2, 0.25) is 0 Å². The molecular weight excluding hydrogens is 660 g/mol. The third-order valence-electron chi connectivity index (χ3n) is 5.14. The van der Waals surface area contributed by atoms with Crippen LogP contribution in [-0.4, -0.2) is 73.0 Å². The minimum Gasteiger partial charge on any atom is -0.462 e. The Hall–Kier alpha value is -3.30. The van der Waals surface area contributed by atoms with Gasteiger partial charge in [0, 0.05) is 5.69 Å². The predicted molar refractivity (Wildman–Crippen MR) is 102 cm³/mol. The number of hydrogen-bond donors (Lipinski definition) is 1. The van der Waals surface area contributed by atoms with Crippen molar-refractivity contribution in [2.75, 3.05) is 18.9 Å². The van der Waals surface area contributed by atoms with Crippen LogP contribution in [0.1, 0.15) is 33.6 Å². The Bertz CT molecular complexity index is 1090. The average Bonchev–Trinajstić information content (AvgIpc) is 2.81. The highest BCUT2D eigenvalue weighted by Crippen LogP contribution is 2.55. The van der Waals surface area contributed by atoms with E-state index in [2.05, 4.69) is 9.47 Å². The second-order valence-electron chi connectivity index (χ2n) is 8.32. The first-order chi connectivity index (χ1) is 18.9. The number of carbonyl (C=O) groups is 2. The number of halogens is 18. The van der Waals surface area contributed by atoms with E-state index in [1.54, 1.807) is 0 Å². The first-order valence-electron chi connectivity index (χ1n) is 10.5. The molecule has 0 bridgehead atoms. The van der Waals surface area contributed by atoms with E-state index >= 15 is 0 Å². The normalized spacial score (nSPS) is 14.5. The van der Waals surface area contributed by atoms with Gasteiger partial charge in [-0.05, 0) is 18.2 Å². The lowest BCUT2D eigenvalue weighted by Crippen LogP contribution is -2.61. The summed E-state index contributed by atoms with van der Waals surface area (Å²) in [5.74, 6) is -44.5. The maximum atomic E-state index is 13.5. The van der Waals surface area contributed by atoms with Crippen molar-refractivity contribution in [2.45, 2.75) is 60.7 Å². The monoisotopic (exact) mass is 673 g/mol. The van der Waals surface area contributed by atoms with E-state index in [0.29, 0.717) is 18.2 Å². The van der Waals surface area contributed by atoms with Crippen LogP contribution in [0.4, 0.5) is 84.7 Å². The second-order valence-corrected chi connectivity index (χ2v) is 8.32. The van der Waals surface area contributed by atoms with Crippen molar-refractivity contribution < 1.29 is 98.1 Å². The number of rotatable bonds is 12. The number of hydrogen-bond acceptors (Lipinski definition) is 5. The smallest absolute Gasteiger partial charge is 0.460 e. The number of ether oxygens (including phenoxy) is 2. The minimum atomic E-state index is -7.23. The van der Waals surface area contributed by atoms with Crippen LogP contribution in [0.15, 0.2) is 18.2 Å². The van der Waals surface area contributed by atoms with Crippen LogP contribution in [0.5, 0.6) is 0 Å².